The number of amides is 1. The van der Waals surface area contributed by atoms with Crippen LogP contribution in [-0.2, 0) is 11.3 Å². The first kappa shape index (κ1) is 15.9. The van der Waals surface area contributed by atoms with Crippen LogP contribution in [0.4, 0.5) is 0 Å². The molecule has 0 aliphatic carbocycles. The summed E-state index contributed by atoms with van der Waals surface area (Å²) in [4.78, 5) is 13.2. The highest BCUT2D eigenvalue weighted by atomic mass is 35.5. The molecule has 1 atom stereocenters. The Morgan fingerprint density at radius 1 is 1.24 bits per heavy atom. The summed E-state index contributed by atoms with van der Waals surface area (Å²) in [6, 6.07) is 15.7. The lowest BCUT2D eigenvalue weighted by Crippen LogP contribution is -2.30. The van der Waals surface area contributed by atoms with Crippen molar-refractivity contribution in [1.82, 2.24) is 5.32 Å². The van der Waals surface area contributed by atoms with Gasteiger partial charge in [-0.25, -0.2) is 0 Å². The molecule has 1 N–H and O–H groups in total. The average molecular weight is 320 g/mol. The van der Waals surface area contributed by atoms with E-state index in [9.17, 15) is 4.79 Å². The first-order valence-corrected chi connectivity index (χ1v) is 8.06. The molecule has 21 heavy (non-hydrogen) atoms. The number of hydrogen-bond acceptors (Lipinski definition) is 2. The number of halogens is 1. The van der Waals surface area contributed by atoms with Gasteiger partial charge in [0.1, 0.15) is 0 Å². The van der Waals surface area contributed by atoms with Gasteiger partial charge in [0.2, 0.25) is 5.91 Å². The normalized spacial score (nSPS) is 12.0. The van der Waals surface area contributed by atoms with E-state index in [1.165, 1.54) is 17.3 Å². The van der Waals surface area contributed by atoms with E-state index in [1.54, 1.807) is 0 Å². The van der Waals surface area contributed by atoms with Crippen molar-refractivity contribution in [1.29, 1.82) is 0 Å². The fourth-order valence-electron chi connectivity index (χ4n) is 1.93. The molecular weight excluding hydrogens is 302 g/mol. The summed E-state index contributed by atoms with van der Waals surface area (Å²) in [5, 5.41) is 3.53. The van der Waals surface area contributed by atoms with E-state index in [4.69, 9.17) is 11.6 Å². The van der Waals surface area contributed by atoms with Gasteiger partial charge in [-0.1, -0.05) is 41.4 Å². The van der Waals surface area contributed by atoms with Crippen LogP contribution in [0.25, 0.3) is 0 Å². The third kappa shape index (κ3) is 5.10. The van der Waals surface area contributed by atoms with E-state index < -0.39 is 0 Å². The van der Waals surface area contributed by atoms with Crippen LogP contribution in [0.2, 0.25) is 5.02 Å². The molecule has 2 rings (SSSR count). The molecule has 2 nitrogen and oxygen atoms in total. The Labute approximate surface area is 134 Å². The molecule has 0 aliphatic heterocycles. The van der Waals surface area contributed by atoms with Crippen molar-refractivity contribution in [3.63, 3.8) is 0 Å². The second kappa shape index (κ2) is 7.53. The minimum atomic E-state index is -0.143. The topological polar surface area (TPSA) is 29.1 Å². The van der Waals surface area contributed by atoms with Gasteiger partial charge >= 0.3 is 0 Å². The Hall–Kier alpha value is -1.45. The van der Waals surface area contributed by atoms with Gasteiger partial charge in [-0.05, 0) is 43.7 Å². The van der Waals surface area contributed by atoms with Gasteiger partial charge in [-0.2, -0.15) is 0 Å². The second-order valence-corrected chi connectivity index (χ2v) is 6.77. The predicted molar refractivity (Wildman–Crippen MR) is 89.8 cm³/mol. The molecule has 1 amide bonds. The summed E-state index contributed by atoms with van der Waals surface area (Å²) in [6.07, 6.45) is 0. The molecule has 4 heteroatoms. The van der Waals surface area contributed by atoms with Crippen LogP contribution in [-0.4, -0.2) is 11.2 Å². The maximum absolute atomic E-state index is 12.1. The Morgan fingerprint density at radius 3 is 2.62 bits per heavy atom. The Kier molecular flexibility index (Phi) is 5.71. The number of aryl methyl sites for hydroxylation is 1. The lowest BCUT2D eigenvalue weighted by atomic mass is 10.1. The maximum atomic E-state index is 12.1. The number of rotatable bonds is 5. The van der Waals surface area contributed by atoms with E-state index in [-0.39, 0.29) is 11.2 Å². The van der Waals surface area contributed by atoms with Gasteiger partial charge in [-0.15, -0.1) is 11.8 Å². The predicted octanol–water partition coefficient (Wildman–Crippen LogP) is 4.45. The van der Waals surface area contributed by atoms with E-state index in [1.807, 2.05) is 56.3 Å². The molecule has 1 unspecified atom stereocenters. The highest BCUT2D eigenvalue weighted by Gasteiger charge is 2.13. The van der Waals surface area contributed by atoms with E-state index in [0.717, 1.165) is 10.5 Å². The zero-order valence-corrected chi connectivity index (χ0v) is 13.7. The van der Waals surface area contributed by atoms with Gasteiger partial charge in [-0.3, -0.25) is 4.79 Å². The molecule has 110 valence electrons. The van der Waals surface area contributed by atoms with Gasteiger partial charge in [0.25, 0.3) is 0 Å². The van der Waals surface area contributed by atoms with Crippen molar-refractivity contribution in [3.05, 3.63) is 64.7 Å². The van der Waals surface area contributed by atoms with Crippen LogP contribution >= 0.6 is 23.4 Å². The van der Waals surface area contributed by atoms with E-state index >= 15 is 0 Å². The number of hydrogen-bond donors (Lipinski definition) is 1. The van der Waals surface area contributed by atoms with Crippen LogP contribution < -0.4 is 5.32 Å². The van der Waals surface area contributed by atoms with Gasteiger partial charge in [0.05, 0.1) is 5.25 Å². The van der Waals surface area contributed by atoms with Crippen LogP contribution in [0.1, 0.15) is 18.1 Å². The molecule has 0 aliphatic rings. The Bertz CT molecular complexity index is 612. The molecule has 0 aromatic heterocycles. The molecule has 0 bridgehead atoms. The zero-order chi connectivity index (χ0) is 15.2. The van der Waals surface area contributed by atoms with Crippen molar-refractivity contribution in [3.8, 4) is 0 Å². The van der Waals surface area contributed by atoms with Crippen molar-refractivity contribution >= 4 is 29.3 Å². The maximum Gasteiger partial charge on any atom is 0.233 e. The summed E-state index contributed by atoms with van der Waals surface area (Å²) in [5.41, 5.74) is 2.32. The molecule has 0 saturated heterocycles. The largest absolute Gasteiger partial charge is 0.351 e. The standard InChI is InChI=1S/C17H18ClNOS/c1-12-4-3-5-14(10-12)11-19-17(20)13(2)21-16-8-6-15(18)7-9-16/h3-10,13H,11H2,1-2H3,(H,19,20). The Morgan fingerprint density at radius 2 is 1.95 bits per heavy atom. The van der Waals surface area contributed by atoms with Crippen molar-refractivity contribution < 1.29 is 4.79 Å². The Balaban J connectivity index is 1.86. The molecule has 0 heterocycles. The fourth-order valence-corrected chi connectivity index (χ4v) is 2.94. The first-order chi connectivity index (χ1) is 10.0. The molecule has 0 fully saturated rings. The summed E-state index contributed by atoms with van der Waals surface area (Å²) in [7, 11) is 0. The molecule has 2 aromatic rings. The highest BCUT2D eigenvalue weighted by Crippen LogP contribution is 2.24. The molecule has 0 spiro atoms. The average Bonchev–Trinajstić information content (AvgIpc) is 2.47. The van der Waals surface area contributed by atoms with Gasteiger partial charge in [0, 0.05) is 16.5 Å². The van der Waals surface area contributed by atoms with Crippen molar-refractivity contribution in [2.45, 2.75) is 30.5 Å². The lowest BCUT2D eigenvalue weighted by molar-refractivity contribution is -0.120. The zero-order valence-electron chi connectivity index (χ0n) is 12.1. The molecule has 0 saturated carbocycles. The molecule has 0 radical (unpaired) electrons. The first-order valence-electron chi connectivity index (χ1n) is 6.80. The molecule has 2 aromatic carbocycles. The smallest absolute Gasteiger partial charge is 0.233 e. The van der Waals surface area contributed by atoms with Crippen LogP contribution in [0.3, 0.4) is 0 Å². The number of carbonyl (C=O) groups excluding carboxylic acids is 1. The molecular formula is C17H18ClNOS. The number of thioether (sulfide) groups is 1. The summed E-state index contributed by atoms with van der Waals surface area (Å²) >= 11 is 7.38. The van der Waals surface area contributed by atoms with Crippen molar-refractivity contribution in [2.75, 3.05) is 0 Å². The number of carbonyl (C=O) groups is 1. The number of nitrogens with one attached hydrogen (secondary N) is 1. The fraction of sp³-hybridized carbons (Fsp3) is 0.235. The number of benzene rings is 2. The summed E-state index contributed by atoms with van der Waals surface area (Å²) < 4.78 is 0. The third-order valence-corrected chi connectivity index (χ3v) is 4.41. The quantitative estimate of drug-likeness (QED) is 0.825. The van der Waals surface area contributed by atoms with Crippen LogP contribution in [0.5, 0.6) is 0 Å². The van der Waals surface area contributed by atoms with Crippen molar-refractivity contribution in [2.24, 2.45) is 0 Å². The highest BCUT2D eigenvalue weighted by molar-refractivity contribution is 8.00. The third-order valence-electron chi connectivity index (χ3n) is 3.04. The van der Waals surface area contributed by atoms with E-state index in [0.29, 0.717) is 11.6 Å². The lowest BCUT2D eigenvalue weighted by Gasteiger charge is -2.12. The minimum absolute atomic E-state index is 0.0384. The van der Waals surface area contributed by atoms with Gasteiger partial charge in [0.15, 0.2) is 0 Å². The summed E-state index contributed by atoms with van der Waals surface area (Å²) in [5.74, 6) is 0.0384. The second-order valence-electron chi connectivity index (χ2n) is 4.92. The SMILES string of the molecule is Cc1cccc(CNC(=O)C(C)Sc2ccc(Cl)cc2)c1. The summed E-state index contributed by atoms with van der Waals surface area (Å²) in [6.45, 7) is 4.52. The van der Waals surface area contributed by atoms with Crippen LogP contribution in [0, 0.1) is 6.92 Å². The monoisotopic (exact) mass is 319 g/mol. The van der Waals surface area contributed by atoms with Gasteiger partial charge < -0.3 is 5.32 Å². The minimum Gasteiger partial charge on any atom is -0.351 e. The van der Waals surface area contributed by atoms with Crippen LogP contribution in [0.15, 0.2) is 53.4 Å². The van der Waals surface area contributed by atoms with E-state index in [2.05, 4.69) is 11.4 Å².